The van der Waals surface area contributed by atoms with E-state index < -0.39 is 21.6 Å². The summed E-state index contributed by atoms with van der Waals surface area (Å²) in [6, 6.07) is 18.0. The number of hydrogen-bond donors (Lipinski definition) is 5. The second-order valence-corrected chi connectivity index (χ2v) is 7.71. The van der Waals surface area contributed by atoms with Gasteiger partial charge in [0.05, 0.1) is 0 Å². The third kappa shape index (κ3) is 13.1. The Labute approximate surface area is 185 Å². The van der Waals surface area contributed by atoms with E-state index in [0.717, 1.165) is 17.5 Å². The van der Waals surface area contributed by atoms with Crippen LogP contribution in [0, 0.1) is 0 Å². The minimum atomic E-state index is -5.05. The van der Waals surface area contributed by atoms with E-state index in [-0.39, 0.29) is 31.0 Å². The first-order valence-electron chi connectivity index (χ1n) is 7.31. The molecule has 2 rings (SSSR count). The van der Waals surface area contributed by atoms with Gasteiger partial charge in [0.2, 0.25) is 0 Å². The van der Waals surface area contributed by atoms with Gasteiger partial charge in [0.25, 0.3) is 0 Å². The number of carboxylic acids is 1. The fraction of sp³-hybridized carbons (Fsp3) is 0.0625. The Morgan fingerprint density at radius 2 is 1.43 bits per heavy atom. The summed E-state index contributed by atoms with van der Waals surface area (Å²) < 4.78 is 22.2. The smallest absolute Gasteiger partial charge is 1.00 e. The number of carboxylic acid groups (broad SMARTS) is 1. The molecule has 5 N–H and O–H groups in total. The molecule has 2 aromatic carbocycles. The molecule has 0 aliphatic carbocycles. The van der Waals surface area contributed by atoms with E-state index in [1.54, 1.807) is 6.08 Å². The van der Waals surface area contributed by atoms with Crippen molar-refractivity contribution in [3.05, 3.63) is 77.4 Å². The van der Waals surface area contributed by atoms with Crippen LogP contribution in [0.15, 0.2) is 60.7 Å². The predicted octanol–water partition coefficient (Wildman–Crippen LogP) is -0.320. The van der Waals surface area contributed by atoms with Gasteiger partial charge in [0, 0.05) is 6.08 Å². The molecule has 0 fully saturated rings. The molecule has 0 radical (unpaired) electrons. The van der Waals surface area contributed by atoms with Crippen LogP contribution < -0.4 is 29.6 Å². The Kier molecular flexibility index (Phi) is 12.0. The van der Waals surface area contributed by atoms with Crippen LogP contribution in [0.1, 0.15) is 18.1 Å². The van der Waals surface area contributed by atoms with E-state index >= 15 is 0 Å². The molecule has 0 aliphatic rings. The number of phosphoric acid groups is 2. The average Bonchev–Trinajstić information content (AvgIpc) is 2.52. The maximum Gasteiger partial charge on any atom is 1.00 e. The van der Waals surface area contributed by atoms with E-state index in [0.29, 0.717) is 0 Å². The molecule has 0 saturated carbocycles. The molecule has 28 heavy (non-hydrogen) atoms. The zero-order valence-electron chi connectivity index (χ0n) is 15.8. The molecule has 0 bridgehead atoms. The summed E-state index contributed by atoms with van der Waals surface area (Å²) in [5.41, 5.74) is 3.29. The van der Waals surface area contributed by atoms with Crippen molar-refractivity contribution >= 4 is 27.7 Å². The predicted molar refractivity (Wildman–Crippen MR) is 98.6 cm³/mol. The number of rotatable bonds is 6. The van der Waals surface area contributed by atoms with Crippen molar-refractivity contribution in [3.63, 3.8) is 0 Å². The second kappa shape index (κ2) is 12.5. The third-order valence-corrected chi connectivity index (χ3v) is 4.61. The van der Waals surface area contributed by atoms with E-state index in [9.17, 15) is 13.9 Å². The Hall–Kier alpha value is -1.09. The van der Waals surface area contributed by atoms with Crippen molar-refractivity contribution in [3.8, 4) is 0 Å². The van der Waals surface area contributed by atoms with Crippen molar-refractivity contribution in [1.29, 1.82) is 0 Å². The molecular weight excluding hydrogens is 421 g/mol. The minimum Gasteiger partial charge on any atom is -1.00 e. The molecule has 0 atom stereocenters. The molecule has 9 nitrogen and oxygen atoms in total. The van der Waals surface area contributed by atoms with Crippen LogP contribution in [0.5, 0.6) is 0 Å². The summed E-state index contributed by atoms with van der Waals surface area (Å²) in [6.45, 7) is 0. The van der Waals surface area contributed by atoms with Crippen molar-refractivity contribution in [2.45, 2.75) is 6.42 Å². The standard InChI is InChI=1S/C16H14O2.Na.H4O7P2.H/c17-16(18)11-10-14-8-4-5-9-15(14)12-13-6-2-1-3-7-13;;1-8(2,3)7-9(4,5)6;/h1-11H,12H2,(H,17,18);;(H2,1,2,3)(H2,4,5,6);/q;+1;;-1/b11-10+;;;. The topological polar surface area (TPSA) is 162 Å². The first-order valence-corrected chi connectivity index (χ1v) is 10.4. The quantitative estimate of drug-likeness (QED) is 0.230. The summed E-state index contributed by atoms with van der Waals surface area (Å²) in [4.78, 5) is 41.6. The summed E-state index contributed by atoms with van der Waals surface area (Å²) in [5, 5.41) is 8.67. The van der Waals surface area contributed by atoms with Crippen molar-refractivity contribution < 1.29 is 73.9 Å². The zero-order valence-corrected chi connectivity index (χ0v) is 18.6. The van der Waals surface area contributed by atoms with Crippen LogP contribution in [0.2, 0.25) is 0 Å². The molecule has 0 saturated heterocycles. The van der Waals surface area contributed by atoms with E-state index in [1.165, 1.54) is 11.6 Å². The third-order valence-electron chi connectivity index (χ3n) is 2.91. The first kappa shape index (κ1) is 26.9. The van der Waals surface area contributed by atoms with Crippen molar-refractivity contribution in [2.24, 2.45) is 0 Å². The maximum absolute atomic E-state index is 10.6. The van der Waals surface area contributed by atoms with Gasteiger partial charge in [-0.15, -0.1) is 0 Å². The molecule has 148 valence electrons. The van der Waals surface area contributed by atoms with Crippen LogP contribution >= 0.6 is 15.6 Å². The number of aliphatic carboxylic acids is 1. The van der Waals surface area contributed by atoms with Gasteiger partial charge >= 0.3 is 51.2 Å². The first-order chi connectivity index (χ1) is 12.5. The average molecular weight is 440 g/mol. The molecule has 12 heteroatoms. The van der Waals surface area contributed by atoms with E-state index in [4.69, 9.17) is 24.7 Å². The van der Waals surface area contributed by atoms with Gasteiger partial charge in [0.15, 0.2) is 0 Å². The molecule has 0 aliphatic heterocycles. The summed E-state index contributed by atoms with van der Waals surface area (Å²) >= 11 is 0. The van der Waals surface area contributed by atoms with Gasteiger partial charge in [-0.1, -0.05) is 54.6 Å². The van der Waals surface area contributed by atoms with Gasteiger partial charge < -0.3 is 26.1 Å². The van der Waals surface area contributed by atoms with Gasteiger partial charge in [-0.3, -0.25) is 0 Å². The van der Waals surface area contributed by atoms with Gasteiger partial charge in [0.1, 0.15) is 0 Å². The minimum absolute atomic E-state index is 0. The van der Waals surface area contributed by atoms with Crippen LogP contribution in [0.4, 0.5) is 0 Å². The maximum atomic E-state index is 10.6. The Morgan fingerprint density at radius 3 is 1.89 bits per heavy atom. The Morgan fingerprint density at radius 1 is 0.929 bits per heavy atom. The molecule has 0 aromatic heterocycles. The number of benzene rings is 2. The van der Waals surface area contributed by atoms with Crippen molar-refractivity contribution in [2.75, 3.05) is 0 Å². The molecular formula is C16H19NaO9P2. The fourth-order valence-electron chi connectivity index (χ4n) is 1.97. The summed E-state index contributed by atoms with van der Waals surface area (Å²) in [5.74, 6) is -0.926. The van der Waals surface area contributed by atoms with E-state index in [2.05, 4.69) is 16.4 Å². The van der Waals surface area contributed by atoms with Crippen LogP contribution in [-0.2, 0) is 24.7 Å². The molecule has 0 unspecified atom stereocenters. The zero-order chi connectivity index (χ0) is 20.5. The van der Waals surface area contributed by atoms with E-state index in [1.807, 2.05) is 42.5 Å². The van der Waals surface area contributed by atoms with Crippen LogP contribution in [-0.4, -0.2) is 30.6 Å². The molecule has 0 amide bonds. The van der Waals surface area contributed by atoms with Crippen molar-refractivity contribution in [1.82, 2.24) is 0 Å². The van der Waals surface area contributed by atoms with Crippen LogP contribution in [0.25, 0.3) is 6.08 Å². The van der Waals surface area contributed by atoms with Gasteiger partial charge in [-0.05, 0) is 29.2 Å². The normalized spacial score (nSPS) is 11.3. The summed E-state index contributed by atoms with van der Waals surface area (Å²) in [6.07, 6.45) is 3.62. The Balaban J connectivity index is 0. The fourth-order valence-corrected chi connectivity index (χ4v) is 3.08. The number of carbonyl (C=O) groups is 1. The van der Waals surface area contributed by atoms with Crippen LogP contribution in [0.3, 0.4) is 0 Å². The van der Waals surface area contributed by atoms with Gasteiger partial charge in [-0.25, -0.2) is 13.9 Å². The molecule has 0 spiro atoms. The van der Waals surface area contributed by atoms with Gasteiger partial charge in [-0.2, -0.15) is 4.31 Å². The largest absolute Gasteiger partial charge is 1.00 e. The Bertz CT molecular complexity index is 861. The number of hydrogen-bond acceptors (Lipinski definition) is 4. The molecule has 2 aromatic rings. The second-order valence-electron chi connectivity index (χ2n) is 5.10. The molecule has 0 heterocycles. The SMILES string of the molecule is O=C(O)/C=C/c1ccccc1Cc1ccccc1.O=P(O)(O)OP(=O)(O)O.[H-].[Na+]. The summed E-state index contributed by atoms with van der Waals surface area (Å²) in [7, 11) is -10.1. The monoisotopic (exact) mass is 440 g/mol.